The van der Waals surface area contributed by atoms with Crippen LogP contribution in [-0.2, 0) is 9.53 Å². The lowest BCUT2D eigenvalue weighted by atomic mass is 10.1. The van der Waals surface area contributed by atoms with Gasteiger partial charge in [0.1, 0.15) is 5.75 Å². The standard InChI is InChI=1S/C20H21N3O6/c1-14-6-7-15(12-17(14)23(26)27)21-19(24)13-29-18-5-3-2-4-16(18)20(25)22-8-10-28-11-9-22/h2-7,12H,8-11,13H2,1H3,(H,21,24). The second kappa shape index (κ2) is 9.16. The van der Waals surface area contributed by atoms with Gasteiger partial charge in [0.2, 0.25) is 0 Å². The molecule has 9 nitrogen and oxygen atoms in total. The molecule has 2 amide bonds. The van der Waals surface area contributed by atoms with Gasteiger partial charge in [-0.2, -0.15) is 0 Å². The van der Waals surface area contributed by atoms with Crippen molar-refractivity contribution >= 4 is 23.2 Å². The summed E-state index contributed by atoms with van der Waals surface area (Å²) in [5.74, 6) is -0.371. The van der Waals surface area contributed by atoms with Crippen LogP contribution in [0.4, 0.5) is 11.4 Å². The van der Waals surface area contributed by atoms with Crippen molar-refractivity contribution in [2.24, 2.45) is 0 Å². The van der Waals surface area contributed by atoms with Crippen LogP contribution in [0.15, 0.2) is 42.5 Å². The van der Waals surface area contributed by atoms with Gasteiger partial charge in [-0.1, -0.05) is 18.2 Å². The van der Waals surface area contributed by atoms with E-state index in [0.717, 1.165) is 0 Å². The van der Waals surface area contributed by atoms with Crippen LogP contribution in [0, 0.1) is 17.0 Å². The average molecular weight is 399 g/mol. The van der Waals surface area contributed by atoms with Crippen molar-refractivity contribution < 1.29 is 24.0 Å². The topological polar surface area (TPSA) is 111 Å². The Hall–Kier alpha value is -3.46. The molecule has 1 heterocycles. The predicted octanol–water partition coefficient (Wildman–Crippen LogP) is 2.39. The number of ether oxygens (including phenoxy) is 2. The van der Waals surface area contributed by atoms with Gasteiger partial charge in [-0.15, -0.1) is 0 Å². The van der Waals surface area contributed by atoms with E-state index in [2.05, 4.69) is 5.32 Å². The number of carbonyl (C=O) groups is 2. The van der Waals surface area contributed by atoms with Crippen molar-refractivity contribution in [3.63, 3.8) is 0 Å². The summed E-state index contributed by atoms with van der Waals surface area (Å²) in [6.45, 7) is 3.25. The molecule has 0 bridgehead atoms. The lowest BCUT2D eigenvalue weighted by molar-refractivity contribution is -0.385. The first-order valence-electron chi connectivity index (χ1n) is 9.09. The first-order chi connectivity index (χ1) is 14.0. The molecule has 1 aliphatic rings. The Balaban J connectivity index is 1.64. The molecule has 2 aromatic rings. The monoisotopic (exact) mass is 399 g/mol. The summed E-state index contributed by atoms with van der Waals surface area (Å²) in [6.07, 6.45) is 0. The minimum atomic E-state index is -0.505. The Morgan fingerprint density at radius 3 is 2.66 bits per heavy atom. The Morgan fingerprint density at radius 2 is 1.93 bits per heavy atom. The molecule has 0 atom stereocenters. The SMILES string of the molecule is Cc1ccc(NC(=O)COc2ccccc2C(=O)N2CCOCC2)cc1[N+](=O)[O-]. The maximum absolute atomic E-state index is 12.7. The third kappa shape index (κ3) is 5.08. The molecular weight excluding hydrogens is 378 g/mol. The van der Waals surface area contributed by atoms with Crippen molar-refractivity contribution in [1.82, 2.24) is 4.90 Å². The number of morpholine rings is 1. The van der Waals surface area contributed by atoms with Gasteiger partial charge in [0, 0.05) is 30.4 Å². The minimum absolute atomic E-state index is 0.0785. The van der Waals surface area contributed by atoms with E-state index in [1.165, 1.54) is 6.07 Å². The number of hydrogen-bond acceptors (Lipinski definition) is 6. The number of rotatable bonds is 6. The summed E-state index contributed by atoms with van der Waals surface area (Å²) in [7, 11) is 0. The molecule has 1 saturated heterocycles. The molecular formula is C20H21N3O6. The maximum Gasteiger partial charge on any atom is 0.274 e. The van der Waals surface area contributed by atoms with Crippen LogP contribution in [0.5, 0.6) is 5.75 Å². The molecule has 152 valence electrons. The van der Waals surface area contributed by atoms with Crippen LogP contribution < -0.4 is 10.1 Å². The summed E-state index contributed by atoms with van der Waals surface area (Å²) in [6, 6.07) is 11.1. The number of nitrogens with one attached hydrogen (secondary N) is 1. The lowest BCUT2D eigenvalue weighted by Crippen LogP contribution is -2.40. The first-order valence-corrected chi connectivity index (χ1v) is 9.09. The highest BCUT2D eigenvalue weighted by molar-refractivity contribution is 5.97. The molecule has 0 aromatic heterocycles. The van der Waals surface area contributed by atoms with Crippen LogP contribution in [0.25, 0.3) is 0 Å². The van der Waals surface area contributed by atoms with E-state index >= 15 is 0 Å². The molecule has 1 aliphatic heterocycles. The van der Waals surface area contributed by atoms with Gasteiger partial charge in [0.05, 0.1) is 23.7 Å². The van der Waals surface area contributed by atoms with E-state index in [1.54, 1.807) is 48.2 Å². The number of benzene rings is 2. The molecule has 1 N–H and O–H groups in total. The Labute approximate surface area is 167 Å². The van der Waals surface area contributed by atoms with Gasteiger partial charge < -0.3 is 19.7 Å². The van der Waals surface area contributed by atoms with Gasteiger partial charge in [-0.05, 0) is 25.1 Å². The van der Waals surface area contributed by atoms with Crippen molar-refractivity contribution in [3.05, 3.63) is 63.7 Å². The van der Waals surface area contributed by atoms with Crippen molar-refractivity contribution in [3.8, 4) is 5.75 Å². The van der Waals surface area contributed by atoms with E-state index in [1.807, 2.05) is 0 Å². The van der Waals surface area contributed by atoms with Gasteiger partial charge in [0.25, 0.3) is 17.5 Å². The number of nitro benzene ring substituents is 1. The molecule has 0 radical (unpaired) electrons. The zero-order valence-electron chi connectivity index (χ0n) is 15.9. The quantitative estimate of drug-likeness (QED) is 0.590. The van der Waals surface area contributed by atoms with E-state index in [4.69, 9.17) is 9.47 Å². The van der Waals surface area contributed by atoms with Crippen LogP contribution in [0.2, 0.25) is 0 Å². The highest BCUT2D eigenvalue weighted by atomic mass is 16.6. The second-order valence-electron chi connectivity index (χ2n) is 6.50. The second-order valence-corrected chi connectivity index (χ2v) is 6.50. The van der Waals surface area contributed by atoms with Crippen molar-refractivity contribution in [2.45, 2.75) is 6.92 Å². The van der Waals surface area contributed by atoms with Gasteiger partial charge >= 0.3 is 0 Å². The van der Waals surface area contributed by atoms with Crippen molar-refractivity contribution in [1.29, 1.82) is 0 Å². The number of anilines is 1. The largest absolute Gasteiger partial charge is 0.483 e. The smallest absolute Gasteiger partial charge is 0.274 e. The fourth-order valence-electron chi connectivity index (χ4n) is 2.93. The molecule has 1 fully saturated rings. The number of para-hydroxylation sites is 1. The van der Waals surface area contributed by atoms with Crippen molar-refractivity contribution in [2.75, 3.05) is 38.2 Å². The molecule has 0 spiro atoms. The molecule has 29 heavy (non-hydrogen) atoms. The summed E-state index contributed by atoms with van der Waals surface area (Å²) in [5, 5.41) is 13.6. The number of amides is 2. The number of carbonyl (C=O) groups excluding carboxylic acids is 2. The molecule has 3 rings (SSSR count). The van der Waals surface area contributed by atoms with E-state index in [-0.39, 0.29) is 18.2 Å². The van der Waals surface area contributed by atoms with Gasteiger partial charge in [-0.25, -0.2) is 0 Å². The normalized spacial score (nSPS) is 13.6. The molecule has 0 saturated carbocycles. The fourth-order valence-corrected chi connectivity index (χ4v) is 2.93. The minimum Gasteiger partial charge on any atom is -0.483 e. The zero-order chi connectivity index (χ0) is 20.8. The van der Waals surface area contributed by atoms with Gasteiger partial charge in [-0.3, -0.25) is 19.7 Å². The summed E-state index contributed by atoms with van der Waals surface area (Å²) < 4.78 is 10.8. The molecule has 0 aliphatic carbocycles. The maximum atomic E-state index is 12.7. The lowest BCUT2D eigenvalue weighted by Gasteiger charge is -2.27. The molecule has 2 aromatic carbocycles. The zero-order valence-corrected chi connectivity index (χ0v) is 15.9. The Kier molecular flexibility index (Phi) is 6.40. The predicted molar refractivity (Wildman–Crippen MR) is 105 cm³/mol. The highest BCUT2D eigenvalue weighted by Gasteiger charge is 2.22. The third-order valence-electron chi connectivity index (χ3n) is 4.46. The first kappa shape index (κ1) is 20.3. The number of hydrogen-bond donors (Lipinski definition) is 1. The van der Waals surface area contributed by atoms with Gasteiger partial charge in [0.15, 0.2) is 6.61 Å². The van der Waals surface area contributed by atoms with Crippen LogP contribution >= 0.6 is 0 Å². The van der Waals surface area contributed by atoms with E-state index in [0.29, 0.717) is 48.9 Å². The Morgan fingerprint density at radius 1 is 1.21 bits per heavy atom. The highest BCUT2D eigenvalue weighted by Crippen LogP contribution is 2.23. The Bertz CT molecular complexity index is 924. The summed E-state index contributed by atoms with van der Waals surface area (Å²) in [4.78, 5) is 37.1. The van der Waals surface area contributed by atoms with Crippen LogP contribution in [0.3, 0.4) is 0 Å². The number of nitro groups is 1. The number of nitrogens with zero attached hydrogens (tertiary/aromatic N) is 2. The van der Waals surface area contributed by atoms with E-state index < -0.39 is 10.8 Å². The van der Waals surface area contributed by atoms with Crippen LogP contribution in [-0.4, -0.2) is 54.5 Å². The van der Waals surface area contributed by atoms with Crippen LogP contribution in [0.1, 0.15) is 15.9 Å². The number of aryl methyl sites for hydroxylation is 1. The average Bonchev–Trinajstić information content (AvgIpc) is 2.74. The van der Waals surface area contributed by atoms with E-state index in [9.17, 15) is 19.7 Å². The molecule has 0 unspecified atom stereocenters. The summed E-state index contributed by atoms with van der Waals surface area (Å²) in [5.41, 5.74) is 1.09. The third-order valence-corrected chi connectivity index (χ3v) is 4.46. The summed E-state index contributed by atoms with van der Waals surface area (Å²) >= 11 is 0. The molecule has 9 heteroatoms. The fraction of sp³-hybridized carbons (Fsp3) is 0.300.